The van der Waals surface area contributed by atoms with Crippen molar-refractivity contribution < 1.29 is 14.3 Å². The number of rotatable bonds is 4. The van der Waals surface area contributed by atoms with Crippen LogP contribution < -0.4 is 10.6 Å². The maximum Gasteiger partial charge on any atom is 0.231 e. The van der Waals surface area contributed by atoms with Crippen LogP contribution in [0.25, 0.3) is 0 Å². The highest BCUT2D eigenvalue weighted by molar-refractivity contribution is 5.96. The van der Waals surface area contributed by atoms with Crippen molar-refractivity contribution in [1.29, 1.82) is 0 Å². The number of likely N-dealkylation sites (N-methyl/N-ethyl adjacent to an activating group) is 1. The van der Waals surface area contributed by atoms with Gasteiger partial charge in [-0.25, -0.2) is 0 Å². The first kappa shape index (κ1) is 13.7. The Morgan fingerprint density at radius 3 is 2.47 bits per heavy atom. The molecule has 2 rings (SSSR count). The van der Waals surface area contributed by atoms with Crippen molar-refractivity contribution in [2.24, 2.45) is 5.92 Å². The molecule has 19 heavy (non-hydrogen) atoms. The van der Waals surface area contributed by atoms with Gasteiger partial charge in [-0.2, -0.15) is 0 Å². The number of ketones is 1. The van der Waals surface area contributed by atoms with Crippen LogP contribution >= 0.6 is 0 Å². The number of amides is 1. The van der Waals surface area contributed by atoms with Gasteiger partial charge >= 0.3 is 0 Å². The zero-order chi connectivity index (χ0) is 13.8. The number of Topliss-reactive ketones (excluding diaryl/α,β-unsaturated/α-hetero) is 1. The maximum absolute atomic E-state index is 12.1. The van der Waals surface area contributed by atoms with E-state index in [1.807, 2.05) is 7.05 Å². The molecule has 1 amide bonds. The number of carbonyl (C=O) groups is 2. The quantitative estimate of drug-likeness (QED) is 0.796. The van der Waals surface area contributed by atoms with Crippen LogP contribution in [-0.2, 0) is 9.53 Å². The number of ether oxygens (including phenoxy) is 1. The molecule has 2 atom stereocenters. The molecule has 102 valence electrons. The van der Waals surface area contributed by atoms with Crippen molar-refractivity contribution in [3.05, 3.63) is 29.8 Å². The third-order valence-corrected chi connectivity index (χ3v) is 3.35. The Morgan fingerprint density at radius 2 is 1.89 bits per heavy atom. The summed E-state index contributed by atoms with van der Waals surface area (Å²) in [6.45, 7) is 2.50. The third-order valence-electron chi connectivity index (χ3n) is 3.35. The molecule has 0 spiro atoms. The van der Waals surface area contributed by atoms with E-state index in [-0.39, 0.29) is 23.7 Å². The molecule has 1 saturated heterocycles. The molecule has 1 aliphatic rings. The summed E-state index contributed by atoms with van der Waals surface area (Å²) < 4.78 is 5.30. The minimum absolute atomic E-state index is 0.0114. The summed E-state index contributed by atoms with van der Waals surface area (Å²) >= 11 is 0. The normalized spacial score (nSPS) is 22.2. The first-order valence-electron chi connectivity index (χ1n) is 6.28. The molecule has 5 heteroatoms. The SMILES string of the molecule is CNC1COCC1C(=O)Nc1ccc(C(C)=O)cc1. The second-order valence-corrected chi connectivity index (χ2v) is 4.66. The molecule has 0 aliphatic carbocycles. The molecule has 0 radical (unpaired) electrons. The van der Waals surface area contributed by atoms with Gasteiger partial charge in [-0.15, -0.1) is 0 Å². The lowest BCUT2D eigenvalue weighted by Gasteiger charge is -2.16. The van der Waals surface area contributed by atoms with E-state index >= 15 is 0 Å². The molecule has 1 aliphatic heterocycles. The Kier molecular flexibility index (Phi) is 4.29. The Labute approximate surface area is 112 Å². The van der Waals surface area contributed by atoms with E-state index in [4.69, 9.17) is 4.74 Å². The van der Waals surface area contributed by atoms with Crippen LogP contribution in [-0.4, -0.2) is 38.0 Å². The van der Waals surface area contributed by atoms with Crippen LogP contribution in [0.15, 0.2) is 24.3 Å². The number of carbonyl (C=O) groups excluding carboxylic acids is 2. The lowest BCUT2D eigenvalue weighted by molar-refractivity contribution is -0.120. The van der Waals surface area contributed by atoms with Gasteiger partial charge in [0.15, 0.2) is 5.78 Å². The van der Waals surface area contributed by atoms with E-state index in [1.165, 1.54) is 6.92 Å². The molecule has 1 aromatic carbocycles. The molecule has 1 heterocycles. The molecule has 1 aromatic rings. The smallest absolute Gasteiger partial charge is 0.231 e. The summed E-state index contributed by atoms with van der Waals surface area (Å²) in [6.07, 6.45) is 0. The predicted molar refractivity (Wildman–Crippen MR) is 72.2 cm³/mol. The zero-order valence-corrected chi connectivity index (χ0v) is 11.1. The van der Waals surface area contributed by atoms with Crippen molar-refractivity contribution in [2.45, 2.75) is 13.0 Å². The van der Waals surface area contributed by atoms with Crippen LogP contribution in [0.3, 0.4) is 0 Å². The highest BCUT2D eigenvalue weighted by Gasteiger charge is 2.32. The number of hydrogen-bond acceptors (Lipinski definition) is 4. The fourth-order valence-electron chi connectivity index (χ4n) is 2.12. The van der Waals surface area contributed by atoms with Gasteiger partial charge in [-0.05, 0) is 38.2 Å². The van der Waals surface area contributed by atoms with Gasteiger partial charge in [-0.1, -0.05) is 0 Å². The molecular weight excluding hydrogens is 244 g/mol. The zero-order valence-electron chi connectivity index (χ0n) is 11.1. The largest absolute Gasteiger partial charge is 0.379 e. The van der Waals surface area contributed by atoms with Crippen molar-refractivity contribution in [3.8, 4) is 0 Å². The highest BCUT2D eigenvalue weighted by atomic mass is 16.5. The summed E-state index contributed by atoms with van der Waals surface area (Å²) in [4.78, 5) is 23.3. The lowest BCUT2D eigenvalue weighted by atomic mass is 10.0. The lowest BCUT2D eigenvalue weighted by Crippen LogP contribution is -2.39. The Morgan fingerprint density at radius 1 is 1.21 bits per heavy atom. The predicted octanol–water partition coefficient (Wildman–Crippen LogP) is 1.06. The number of benzene rings is 1. The number of anilines is 1. The van der Waals surface area contributed by atoms with Crippen molar-refractivity contribution in [3.63, 3.8) is 0 Å². The van der Waals surface area contributed by atoms with E-state index in [0.717, 1.165) is 0 Å². The van der Waals surface area contributed by atoms with Gasteiger partial charge in [-0.3, -0.25) is 9.59 Å². The summed E-state index contributed by atoms with van der Waals surface area (Å²) in [5, 5.41) is 5.92. The van der Waals surface area contributed by atoms with E-state index in [0.29, 0.717) is 24.5 Å². The first-order chi connectivity index (χ1) is 9.11. The molecule has 2 N–H and O–H groups in total. The van der Waals surface area contributed by atoms with Gasteiger partial charge in [0.25, 0.3) is 0 Å². The fraction of sp³-hybridized carbons (Fsp3) is 0.429. The second kappa shape index (κ2) is 5.95. The van der Waals surface area contributed by atoms with E-state index in [2.05, 4.69) is 10.6 Å². The van der Waals surface area contributed by atoms with Crippen molar-refractivity contribution in [2.75, 3.05) is 25.6 Å². The molecule has 0 aromatic heterocycles. The van der Waals surface area contributed by atoms with Crippen LogP contribution in [0.1, 0.15) is 17.3 Å². The van der Waals surface area contributed by atoms with Crippen LogP contribution in [0.2, 0.25) is 0 Å². The summed E-state index contributed by atoms with van der Waals surface area (Å²) in [5.74, 6) is -0.234. The minimum Gasteiger partial charge on any atom is -0.379 e. The first-order valence-corrected chi connectivity index (χ1v) is 6.28. The fourth-order valence-corrected chi connectivity index (χ4v) is 2.12. The topological polar surface area (TPSA) is 67.4 Å². The highest BCUT2D eigenvalue weighted by Crippen LogP contribution is 2.17. The van der Waals surface area contributed by atoms with E-state index in [9.17, 15) is 9.59 Å². The van der Waals surface area contributed by atoms with E-state index < -0.39 is 0 Å². The maximum atomic E-state index is 12.1. The average molecular weight is 262 g/mol. The molecule has 2 unspecified atom stereocenters. The Bertz CT molecular complexity index is 470. The molecule has 5 nitrogen and oxygen atoms in total. The monoisotopic (exact) mass is 262 g/mol. The summed E-state index contributed by atoms with van der Waals surface area (Å²) in [7, 11) is 1.82. The van der Waals surface area contributed by atoms with Gasteiger partial charge in [0.1, 0.15) is 0 Å². The van der Waals surface area contributed by atoms with Gasteiger partial charge in [0, 0.05) is 17.3 Å². The molecule has 0 bridgehead atoms. The van der Waals surface area contributed by atoms with E-state index in [1.54, 1.807) is 24.3 Å². The van der Waals surface area contributed by atoms with Gasteiger partial charge in [0.05, 0.1) is 19.1 Å². The third kappa shape index (κ3) is 3.19. The van der Waals surface area contributed by atoms with Crippen molar-refractivity contribution in [1.82, 2.24) is 5.32 Å². The van der Waals surface area contributed by atoms with Crippen molar-refractivity contribution >= 4 is 17.4 Å². The Balaban J connectivity index is 2.00. The summed E-state index contributed by atoms with van der Waals surface area (Å²) in [6, 6.07) is 6.94. The number of hydrogen-bond donors (Lipinski definition) is 2. The van der Waals surface area contributed by atoms with Crippen LogP contribution in [0, 0.1) is 5.92 Å². The standard InChI is InChI=1S/C14H18N2O3/c1-9(17)10-3-5-11(6-4-10)16-14(18)12-7-19-8-13(12)15-2/h3-6,12-13,15H,7-8H2,1-2H3,(H,16,18). The Hall–Kier alpha value is -1.72. The average Bonchev–Trinajstić information content (AvgIpc) is 2.87. The second-order valence-electron chi connectivity index (χ2n) is 4.66. The number of nitrogens with one attached hydrogen (secondary N) is 2. The van der Waals surface area contributed by atoms with Crippen LogP contribution in [0.4, 0.5) is 5.69 Å². The van der Waals surface area contributed by atoms with Crippen LogP contribution in [0.5, 0.6) is 0 Å². The van der Waals surface area contributed by atoms with Gasteiger partial charge in [0.2, 0.25) is 5.91 Å². The minimum atomic E-state index is -0.183. The summed E-state index contributed by atoms with van der Waals surface area (Å²) in [5.41, 5.74) is 1.33. The molecular formula is C14H18N2O3. The molecule has 0 saturated carbocycles. The molecule has 1 fully saturated rings. The van der Waals surface area contributed by atoms with Gasteiger partial charge < -0.3 is 15.4 Å².